The highest BCUT2D eigenvalue weighted by Gasteiger charge is 2.23. The van der Waals surface area contributed by atoms with Crippen LogP contribution >= 0.6 is 0 Å². The van der Waals surface area contributed by atoms with Crippen molar-refractivity contribution >= 4 is 5.78 Å². The lowest BCUT2D eigenvalue weighted by atomic mass is 9.93. The third kappa shape index (κ3) is 4.68. The number of hydrogen-bond donors (Lipinski definition) is 3. The van der Waals surface area contributed by atoms with Gasteiger partial charge in [0, 0.05) is 12.0 Å². The van der Waals surface area contributed by atoms with Gasteiger partial charge in [-0.25, -0.2) is 4.89 Å². The van der Waals surface area contributed by atoms with Crippen molar-refractivity contribution in [2.45, 2.75) is 46.6 Å². The smallest absolute Gasteiger partial charge is 0.163 e. The zero-order valence-electron chi connectivity index (χ0n) is 14.0. The zero-order valence-corrected chi connectivity index (χ0v) is 14.0. The minimum absolute atomic E-state index is 0.00639. The van der Waals surface area contributed by atoms with Gasteiger partial charge in [0.05, 0.1) is 5.56 Å². The van der Waals surface area contributed by atoms with E-state index in [1.54, 1.807) is 6.92 Å². The van der Waals surface area contributed by atoms with Gasteiger partial charge in [-0.05, 0) is 51.3 Å². The molecule has 0 amide bonds. The first-order valence-electron chi connectivity index (χ1n) is 7.35. The monoisotopic (exact) mass is 320 g/mol. The molecule has 0 aliphatic carbocycles. The minimum atomic E-state index is -0.787. The van der Waals surface area contributed by atoms with E-state index in [4.69, 9.17) is 5.26 Å². The molecule has 0 radical (unpaired) electrons. The number of phenolic OH excluding ortho intramolecular Hbond substituents is 2. The molecule has 126 valence electrons. The molecule has 0 spiro atoms. The summed E-state index contributed by atoms with van der Waals surface area (Å²) in [5.74, 6) is -0.702. The number of ketones is 1. The average molecular weight is 320 g/mol. The summed E-state index contributed by atoms with van der Waals surface area (Å²) in [5.41, 5.74) is 2.43. The van der Waals surface area contributed by atoms with E-state index in [-0.39, 0.29) is 34.8 Å². The molecule has 0 heterocycles. The quantitative estimate of drug-likeness (QED) is 0.308. The summed E-state index contributed by atoms with van der Waals surface area (Å²) in [7, 11) is 0. The molecule has 1 aromatic carbocycles. The Bertz CT molecular complexity index is 639. The first kappa shape index (κ1) is 18.9. The van der Waals surface area contributed by atoms with Crippen molar-refractivity contribution in [1.82, 2.24) is 0 Å². The second kappa shape index (κ2) is 7.94. The second-order valence-electron chi connectivity index (χ2n) is 5.95. The number of hydrogen-bond acceptors (Lipinski definition) is 5. The Kier molecular flexibility index (Phi) is 6.54. The van der Waals surface area contributed by atoms with Crippen LogP contribution in [0, 0.1) is 0 Å². The molecule has 1 aromatic rings. The fraction of sp³-hybridized carbons (Fsp3) is 0.389. The van der Waals surface area contributed by atoms with Crippen LogP contribution < -0.4 is 0 Å². The topological polar surface area (TPSA) is 87.0 Å². The van der Waals surface area contributed by atoms with Gasteiger partial charge in [0.25, 0.3) is 0 Å². The van der Waals surface area contributed by atoms with Crippen LogP contribution in [-0.4, -0.2) is 27.4 Å². The third-order valence-electron chi connectivity index (χ3n) is 3.63. The fourth-order valence-corrected chi connectivity index (χ4v) is 2.20. The van der Waals surface area contributed by atoms with Crippen molar-refractivity contribution in [3.63, 3.8) is 0 Å². The van der Waals surface area contributed by atoms with Crippen LogP contribution in [0.2, 0.25) is 0 Å². The zero-order chi connectivity index (χ0) is 17.7. The van der Waals surface area contributed by atoms with Crippen LogP contribution in [0.25, 0.3) is 0 Å². The number of Topliss-reactive ketones (excluding diaryl/α,β-unsaturated/α-hetero) is 1. The highest BCUT2D eigenvalue weighted by Crippen LogP contribution is 2.37. The van der Waals surface area contributed by atoms with E-state index in [0.717, 1.165) is 5.57 Å². The Morgan fingerprint density at radius 1 is 1.26 bits per heavy atom. The number of allylic oxidation sites excluding steroid dienone is 2. The molecule has 0 aliphatic heterocycles. The fourth-order valence-electron chi connectivity index (χ4n) is 2.20. The molecule has 0 aliphatic rings. The lowest BCUT2D eigenvalue weighted by molar-refractivity contribution is -0.268. The molecule has 0 saturated heterocycles. The summed E-state index contributed by atoms with van der Waals surface area (Å²) < 4.78 is 0. The van der Waals surface area contributed by atoms with Gasteiger partial charge in [0.15, 0.2) is 5.78 Å². The van der Waals surface area contributed by atoms with Crippen LogP contribution in [0.15, 0.2) is 29.9 Å². The summed E-state index contributed by atoms with van der Waals surface area (Å²) in [4.78, 5) is 16.1. The van der Waals surface area contributed by atoms with E-state index in [9.17, 15) is 15.0 Å². The molecule has 0 fully saturated rings. The van der Waals surface area contributed by atoms with Gasteiger partial charge in [-0.3, -0.25) is 10.1 Å². The number of phenols is 2. The lowest BCUT2D eigenvalue weighted by Gasteiger charge is -2.18. The molecule has 1 unspecified atom stereocenters. The highest BCUT2D eigenvalue weighted by atomic mass is 17.1. The van der Waals surface area contributed by atoms with Crippen LogP contribution in [-0.2, 0) is 17.7 Å². The Balaban J connectivity index is 3.44. The number of rotatable bonds is 7. The van der Waals surface area contributed by atoms with Crippen LogP contribution in [0.4, 0.5) is 0 Å². The van der Waals surface area contributed by atoms with Crippen molar-refractivity contribution in [2.75, 3.05) is 0 Å². The van der Waals surface area contributed by atoms with E-state index < -0.39 is 6.10 Å². The van der Waals surface area contributed by atoms with Gasteiger partial charge >= 0.3 is 0 Å². The molecule has 1 rings (SSSR count). The van der Waals surface area contributed by atoms with Crippen molar-refractivity contribution in [2.24, 2.45) is 0 Å². The first-order chi connectivity index (χ1) is 10.7. The van der Waals surface area contributed by atoms with E-state index >= 15 is 0 Å². The Morgan fingerprint density at radius 3 is 2.30 bits per heavy atom. The minimum Gasteiger partial charge on any atom is -0.507 e. The summed E-state index contributed by atoms with van der Waals surface area (Å²) in [6, 6.07) is 1.49. The molecular weight excluding hydrogens is 296 g/mol. The van der Waals surface area contributed by atoms with Gasteiger partial charge in [0.2, 0.25) is 0 Å². The predicted molar refractivity (Wildman–Crippen MR) is 88.9 cm³/mol. The average Bonchev–Trinajstić information content (AvgIpc) is 2.45. The predicted octanol–water partition coefficient (Wildman–Crippen LogP) is 3.79. The summed E-state index contributed by atoms with van der Waals surface area (Å²) in [5, 5.41) is 29.7. The van der Waals surface area contributed by atoms with E-state index in [0.29, 0.717) is 17.6 Å². The molecule has 0 aromatic heterocycles. The largest absolute Gasteiger partial charge is 0.507 e. The molecule has 0 bridgehead atoms. The highest BCUT2D eigenvalue weighted by molar-refractivity contribution is 5.97. The Labute approximate surface area is 136 Å². The number of aromatic hydroxyl groups is 2. The van der Waals surface area contributed by atoms with Crippen LogP contribution in [0.3, 0.4) is 0 Å². The summed E-state index contributed by atoms with van der Waals surface area (Å²) >= 11 is 0. The van der Waals surface area contributed by atoms with Crippen molar-refractivity contribution < 1.29 is 25.2 Å². The molecule has 0 saturated carbocycles. The number of carbonyl (C=O) groups is 1. The SMILES string of the molecule is C=C(C)C(Cc1c(O)c(CC=C(C)C)cc(C(C)=O)c1O)OO. The van der Waals surface area contributed by atoms with Gasteiger partial charge in [-0.15, -0.1) is 0 Å². The van der Waals surface area contributed by atoms with Gasteiger partial charge < -0.3 is 10.2 Å². The maximum Gasteiger partial charge on any atom is 0.163 e. The van der Waals surface area contributed by atoms with E-state index in [1.165, 1.54) is 13.0 Å². The molecule has 1 atom stereocenters. The van der Waals surface area contributed by atoms with Crippen molar-refractivity contribution in [1.29, 1.82) is 0 Å². The molecule has 3 N–H and O–H groups in total. The van der Waals surface area contributed by atoms with Gasteiger partial charge in [-0.2, -0.15) is 0 Å². The van der Waals surface area contributed by atoms with E-state index in [2.05, 4.69) is 11.5 Å². The third-order valence-corrected chi connectivity index (χ3v) is 3.63. The van der Waals surface area contributed by atoms with Crippen LogP contribution in [0.1, 0.15) is 49.2 Å². The molecule has 23 heavy (non-hydrogen) atoms. The Morgan fingerprint density at radius 2 is 1.87 bits per heavy atom. The first-order valence-corrected chi connectivity index (χ1v) is 7.35. The normalized spacial score (nSPS) is 11.9. The summed E-state index contributed by atoms with van der Waals surface area (Å²) in [6.07, 6.45) is 1.56. The van der Waals surface area contributed by atoms with Gasteiger partial charge in [-0.1, -0.05) is 18.2 Å². The second-order valence-corrected chi connectivity index (χ2v) is 5.95. The molecule has 5 nitrogen and oxygen atoms in total. The maximum absolute atomic E-state index is 11.8. The molecular formula is C18H24O5. The number of benzene rings is 1. The summed E-state index contributed by atoms with van der Waals surface area (Å²) in [6.45, 7) is 10.6. The Hall–Kier alpha value is -2.11. The lowest BCUT2D eigenvalue weighted by Crippen LogP contribution is -2.16. The van der Waals surface area contributed by atoms with E-state index in [1.807, 2.05) is 19.9 Å². The maximum atomic E-state index is 11.8. The van der Waals surface area contributed by atoms with Crippen molar-refractivity contribution in [3.05, 3.63) is 46.6 Å². The van der Waals surface area contributed by atoms with Gasteiger partial charge in [0.1, 0.15) is 17.6 Å². The molecule has 5 heteroatoms. The van der Waals surface area contributed by atoms with Crippen LogP contribution in [0.5, 0.6) is 11.5 Å². The number of carbonyl (C=O) groups excluding carboxylic acids is 1. The van der Waals surface area contributed by atoms with Crippen molar-refractivity contribution in [3.8, 4) is 11.5 Å². The standard InChI is InChI=1S/C18H24O5/c1-10(2)6-7-13-8-14(12(5)19)18(21)15(17(13)20)9-16(23-22)11(3)4/h6,8,16,20-22H,3,7,9H2,1-2,4-5H3.